The van der Waals surface area contributed by atoms with Gasteiger partial charge in [0.2, 0.25) is 5.91 Å². The van der Waals surface area contributed by atoms with Gasteiger partial charge in [0, 0.05) is 29.8 Å². The summed E-state index contributed by atoms with van der Waals surface area (Å²) in [6.45, 7) is 12.2. The van der Waals surface area contributed by atoms with Crippen LogP contribution in [-0.2, 0) is 9.59 Å². The van der Waals surface area contributed by atoms with Gasteiger partial charge in [0.25, 0.3) is 5.91 Å². The van der Waals surface area contributed by atoms with Gasteiger partial charge in [0.15, 0.2) is 6.04 Å². The quantitative estimate of drug-likeness (QED) is 0.571. The molecule has 0 aliphatic rings. The number of benzene rings is 2. The predicted molar refractivity (Wildman–Crippen MR) is 123 cm³/mol. The largest absolute Gasteiger partial charge is 0.330 e. The molecule has 2 aromatic rings. The molecule has 0 bridgehead atoms. The van der Waals surface area contributed by atoms with Crippen LogP contribution in [0.15, 0.2) is 48.5 Å². The molecule has 162 valence electrons. The van der Waals surface area contributed by atoms with Crippen molar-refractivity contribution in [2.75, 3.05) is 10.6 Å². The van der Waals surface area contributed by atoms with Crippen molar-refractivity contribution in [3.8, 4) is 0 Å². The molecule has 0 aliphatic heterocycles. The van der Waals surface area contributed by atoms with Crippen LogP contribution in [-0.4, -0.2) is 17.9 Å². The van der Waals surface area contributed by atoms with E-state index in [4.69, 9.17) is 0 Å². The van der Waals surface area contributed by atoms with Gasteiger partial charge in [-0.25, -0.2) is 0 Å². The van der Waals surface area contributed by atoms with Gasteiger partial charge in [-0.3, -0.25) is 9.59 Å². The van der Waals surface area contributed by atoms with Crippen molar-refractivity contribution in [1.82, 2.24) is 0 Å². The van der Waals surface area contributed by atoms with E-state index in [9.17, 15) is 9.59 Å². The third-order valence-electron chi connectivity index (χ3n) is 5.60. The molecule has 0 saturated heterocycles. The molecule has 0 spiro atoms. The van der Waals surface area contributed by atoms with Crippen LogP contribution in [0.3, 0.4) is 0 Å². The smallest absolute Gasteiger partial charge is 0.282 e. The number of carbonyl (C=O) groups excluding carboxylic acids is 2. The second-order valence-corrected chi connectivity index (χ2v) is 8.47. The molecule has 5 heteroatoms. The highest BCUT2D eigenvalue weighted by Crippen LogP contribution is 2.23. The number of nitrogens with one attached hydrogen (secondary N) is 2. The minimum absolute atomic E-state index is 0.0378. The summed E-state index contributed by atoms with van der Waals surface area (Å²) >= 11 is 0. The molecule has 4 N–H and O–H groups in total. The maximum Gasteiger partial charge on any atom is 0.282 e. The highest BCUT2D eigenvalue weighted by molar-refractivity contribution is 5.94. The van der Waals surface area contributed by atoms with Crippen molar-refractivity contribution in [3.63, 3.8) is 0 Å². The molecule has 0 saturated carbocycles. The zero-order valence-electron chi connectivity index (χ0n) is 19.0. The van der Waals surface area contributed by atoms with Gasteiger partial charge in [-0.1, -0.05) is 52.0 Å². The van der Waals surface area contributed by atoms with Crippen molar-refractivity contribution in [1.29, 1.82) is 0 Å². The van der Waals surface area contributed by atoms with Crippen molar-refractivity contribution in [2.24, 2.45) is 5.92 Å². The molecule has 2 amide bonds. The van der Waals surface area contributed by atoms with E-state index in [-0.39, 0.29) is 23.9 Å². The van der Waals surface area contributed by atoms with Crippen LogP contribution in [0.25, 0.3) is 0 Å². The Bertz CT molecular complexity index is 828. The van der Waals surface area contributed by atoms with Crippen molar-refractivity contribution >= 4 is 23.2 Å². The molecular weight excluding hydrogens is 374 g/mol. The molecule has 5 nitrogen and oxygen atoms in total. The average Bonchev–Trinajstić information content (AvgIpc) is 2.72. The van der Waals surface area contributed by atoms with Crippen molar-refractivity contribution in [2.45, 2.75) is 66.0 Å². The summed E-state index contributed by atoms with van der Waals surface area (Å²) in [5.74, 6) is 0.796. The predicted octanol–water partition coefficient (Wildman–Crippen LogP) is 4.45. The Morgan fingerprint density at radius 1 is 0.833 bits per heavy atom. The monoisotopic (exact) mass is 410 g/mol. The number of quaternary nitrogens is 1. The Labute approximate surface area is 180 Å². The van der Waals surface area contributed by atoms with E-state index in [2.05, 4.69) is 67.9 Å². The zero-order chi connectivity index (χ0) is 22.3. The van der Waals surface area contributed by atoms with Crippen LogP contribution in [0.5, 0.6) is 0 Å². The van der Waals surface area contributed by atoms with Gasteiger partial charge < -0.3 is 16.0 Å². The fourth-order valence-corrected chi connectivity index (χ4v) is 3.50. The first-order valence-corrected chi connectivity index (χ1v) is 10.8. The van der Waals surface area contributed by atoms with Crippen LogP contribution in [0.4, 0.5) is 11.4 Å². The first kappa shape index (κ1) is 23.6. The summed E-state index contributed by atoms with van der Waals surface area (Å²) < 4.78 is 0. The number of hydrogen-bond donors (Lipinski definition) is 3. The van der Waals surface area contributed by atoms with Crippen LogP contribution >= 0.6 is 0 Å². The molecule has 0 radical (unpaired) electrons. The van der Waals surface area contributed by atoms with Crippen molar-refractivity contribution < 1.29 is 14.9 Å². The molecule has 0 aromatic heterocycles. The highest BCUT2D eigenvalue weighted by atomic mass is 16.2. The van der Waals surface area contributed by atoms with Crippen LogP contribution in [0.1, 0.15) is 71.0 Å². The highest BCUT2D eigenvalue weighted by Gasteiger charge is 2.26. The third kappa shape index (κ3) is 6.70. The second-order valence-electron chi connectivity index (χ2n) is 8.47. The standard InChI is InChI=1S/C25H35N3O2/c1-7-17(4)20-8-10-21(11-9-20)24(16(2)3)26-18(5)25(30)28-23-14-12-22(13-15-23)27-19(6)29/h8-18,24,26H,7H2,1-6H3,(H,27,29)(H,28,30)/p+1/t17-,18-,24-/m0/s1. The third-order valence-corrected chi connectivity index (χ3v) is 5.60. The van der Waals surface area contributed by atoms with Gasteiger partial charge in [-0.05, 0) is 49.1 Å². The van der Waals surface area contributed by atoms with E-state index < -0.39 is 0 Å². The Morgan fingerprint density at radius 3 is 1.80 bits per heavy atom. The van der Waals surface area contributed by atoms with Gasteiger partial charge in [-0.15, -0.1) is 0 Å². The van der Waals surface area contributed by atoms with E-state index in [1.807, 2.05) is 6.92 Å². The molecule has 2 rings (SSSR count). The van der Waals surface area contributed by atoms with E-state index in [0.29, 0.717) is 23.2 Å². The molecule has 2 aromatic carbocycles. The molecule has 0 aliphatic carbocycles. The lowest BCUT2D eigenvalue weighted by Crippen LogP contribution is -2.93. The summed E-state index contributed by atoms with van der Waals surface area (Å²) in [6.07, 6.45) is 1.13. The number of amides is 2. The Balaban J connectivity index is 2.02. The second kappa shape index (κ2) is 10.9. The van der Waals surface area contributed by atoms with Gasteiger partial charge in [-0.2, -0.15) is 0 Å². The van der Waals surface area contributed by atoms with Crippen LogP contribution in [0.2, 0.25) is 0 Å². The lowest BCUT2D eigenvalue weighted by atomic mass is 9.91. The Hall–Kier alpha value is -2.66. The summed E-state index contributed by atoms with van der Waals surface area (Å²) in [4.78, 5) is 23.9. The van der Waals surface area contributed by atoms with Gasteiger partial charge >= 0.3 is 0 Å². The minimum Gasteiger partial charge on any atom is -0.330 e. The molecular formula is C25H36N3O2+. The summed E-state index contributed by atoms with van der Waals surface area (Å²) in [5.41, 5.74) is 4.03. The number of hydrogen-bond acceptors (Lipinski definition) is 2. The SMILES string of the molecule is CC[C@H](C)c1ccc([C@@H]([NH2+][C@@H](C)C(=O)Nc2ccc(NC(C)=O)cc2)C(C)C)cc1. The topological polar surface area (TPSA) is 74.8 Å². The molecule has 0 fully saturated rings. The van der Waals surface area contributed by atoms with E-state index in [1.165, 1.54) is 18.1 Å². The summed E-state index contributed by atoms with van der Waals surface area (Å²) in [5, 5.41) is 7.83. The number of nitrogens with two attached hydrogens (primary N) is 1. The number of carbonyl (C=O) groups is 2. The Morgan fingerprint density at radius 2 is 1.33 bits per heavy atom. The fourth-order valence-electron chi connectivity index (χ4n) is 3.50. The van der Waals surface area contributed by atoms with E-state index in [0.717, 1.165) is 6.42 Å². The number of rotatable bonds is 9. The van der Waals surface area contributed by atoms with Crippen LogP contribution < -0.4 is 16.0 Å². The summed E-state index contributed by atoms with van der Waals surface area (Å²) in [7, 11) is 0. The van der Waals surface area contributed by atoms with E-state index >= 15 is 0 Å². The normalized spacial score (nSPS) is 14.1. The van der Waals surface area contributed by atoms with Crippen LogP contribution in [0, 0.1) is 5.92 Å². The maximum absolute atomic E-state index is 12.7. The lowest BCUT2D eigenvalue weighted by molar-refractivity contribution is -0.718. The molecule has 0 unspecified atom stereocenters. The zero-order valence-corrected chi connectivity index (χ0v) is 19.0. The average molecular weight is 411 g/mol. The summed E-state index contributed by atoms with van der Waals surface area (Å²) in [6, 6.07) is 16.0. The Kier molecular flexibility index (Phi) is 8.60. The van der Waals surface area contributed by atoms with Gasteiger partial charge in [0.1, 0.15) is 6.04 Å². The van der Waals surface area contributed by atoms with Gasteiger partial charge in [0.05, 0.1) is 0 Å². The first-order chi connectivity index (χ1) is 14.2. The molecule has 30 heavy (non-hydrogen) atoms. The fraction of sp³-hybridized carbons (Fsp3) is 0.440. The molecule has 3 atom stereocenters. The van der Waals surface area contributed by atoms with E-state index in [1.54, 1.807) is 24.3 Å². The maximum atomic E-state index is 12.7. The molecule has 0 heterocycles. The number of anilines is 2. The first-order valence-electron chi connectivity index (χ1n) is 10.8. The minimum atomic E-state index is -0.235. The van der Waals surface area contributed by atoms with Crippen molar-refractivity contribution in [3.05, 3.63) is 59.7 Å². The lowest BCUT2D eigenvalue weighted by Gasteiger charge is -2.23.